The Morgan fingerprint density at radius 3 is 2.62 bits per heavy atom. The third-order valence-corrected chi connectivity index (χ3v) is 4.23. The SMILES string of the molecule is O=C(NC1CCNCC1)C1CNNC1c1ccc(F)cc1. The van der Waals surface area contributed by atoms with Crippen LogP contribution in [0.3, 0.4) is 0 Å². The lowest BCUT2D eigenvalue weighted by molar-refractivity contribution is -0.125. The van der Waals surface area contributed by atoms with Crippen molar-refractivity contribution in [1.82, 2.24) is 21.5 Å². The van der Waals surface area contributed by atoms with E-state index in [4.69, 9.17) is 0 Å². The van der Waals surface area contributed by atoms with Crippen molar-refractivity contribution in [2.45, 2.75) is 24.9 Å². The fourth-order valence-electron chi connectivity index (χ4n) is 3.00. The van der Waals surface area contributed by atoms with Gasteiger partial charge in [0.25, 0.3) is 0 Å². The molecule has 2 fully saturated rings. The highest BCUT2D eigenvalue weighted by atomic mass is 19.1. The molecule has 0 spiro atoms. The first kappa shape index (κ1) is 14.4. The Bertz CT molecular complexity index is 487. The summed E-state index contributed by atoms with van der Waals surface area (Å²) in [5, 5.41) is 6.42. The first-order valence-electron chi connectivity index (χ1n) is 7.49. The molecular weight excluding hydrogens is 271 g/mol. The number of benzene rings is 1. The third kappa shape index (κ3) is 3.40. The van der Waals surface area contributed by atoms with Gasteiger partial charge < -0.3 is 10.6 Å². The Balaban J connectivity index is 1.65. The lowest BCUT2D eigenvalue weighted by atomic mass is 9.93. The summed E-state index contributed by atoms with van der Waals surface area (Å²) in [6, 6.07) is 6.45. The van der Waals surface area contributed by atoms with Crippen LogP contribution in [0.25, 0.3) is 0 Å². The molecule has 2 aliphatic rings. The van der Waals surface area contributed by atoms with Gasteiger partial charge in [0.1, 0.15) is 5.82 Å². The number of rotatable bonds is 3. The Morgan fingerprint density at radius 2 is 1.90 bits per heavy atom. The number of carbonyl (C=O) groups is 1. The van der Waals surface area contributed by atoms with Crippen molar-refractivity contribution in [2.24, 2.45) is 5.92 Å². The zero-order valence-electron chi connectivity index (χ0n) is 11.9. The second kappa shape index (κ2) is 6.51. The van der Waals surface area contributed by atoms with Crippen LogP contribution < -0.4 is 21.5 Å². The molecule has 0 aliphatic carbocycles. The molecule has 5 nitrogen and oxygen atoms in total. The normalized spacial score (nSPS) is 26.7. The number of hydrogen-bond donors (Lipinski definition) is 4. The largest absolute Gasteiger partial charge is 0.353 e. The lowest BCUT2D eigenvalue weighted by Gasteiger charge is -2.26. The number of carbonyl (C=O) groups excluding carboxylic acids is 1. The minimum absolute atomic E-state index is 0.0636. The van der Waals surface area contributed by atoms with Gasteiger partial charge >= 0.3 is 0 Å². The van der Waals surface area contributed by atoms with Crippen LogP contribution in [-0.4, -0.2) is 31.6 Å². The minimum atomic E-state index is -0.264. The molecule has 1 aromatic rings. The van der Waals surface area contributed by atoms with E-state index in [1.807, 2.05) is 0 Å². The van der Waals surface area contributed by atoms with Gasteiger partial charge in [-0.2, -0.15) is 0 Å². The number of nitrogens with one attached hydrogen (secondary N) is 4. The molecule has 2 saturated heterocycles. The molecule has 3 rings (SSSR count). The van der Waals surface area contributed by atoms with Crippen LogP contribution in [0.4, 0.5) is 4.39 Å². The van der Waals surface area contributed by atoms with Crippen LogP contribution in [-0.2, 0) is 4.79 Å². The van der Waals surface area contributed by atoms with E-state index in [9.17, 15) is 9.18 Å². The molecule has 4 N–H and O–H groups in total. The Hall–Kier alpha value is -1.50. The van der Waals surface area contributed by atoms with Crippen LogP contribution >= 0.6 is 0 Å². The van der Waals surface area contributed by atoms with Crippen LogP contribution in [0.1, 0.15) is 24.4 Å². The summed E-state index contributed by atoms with van der Waals surface area (Å²) in [4.78, 5) is 12.5. The molecule has 0 saturated carbocycles. The zero-order chi connectivity index (χ0) is 14.7. The molecule has 0 radical (unpaired) electrons. The second-order valence-corrected chi connectivity index (χ2v) is 5.69. The van der Waals surface area contributed by atoms with E-state index in [-0.39, 0.29) is 29.7 Å². The predicted molar refractivity (Wildman–Crippen MR) is 77.8 cm³/mol. The monoisotopic (exact) mass is 292 g/mol. The van der Waals surface area contributed by atoms with E-state index in [0.29, 0.717) is 6.54 Å². The number of amides is 1. The van der Waals surface area contributed by atoms with E-state index in [0.717, 1.165) is 31.5 Å². The zero-order valence-corrected chi connectivity index (χ0v) is 11.9. The van der Waals surface area contributed by atoms with Crippen LogP contribution in [0.5, 0.6) is 0 Å². The summed E-state index contributed by atoms with van der Waals surface area (Å²) >= 11 is 0. The van der Waals surface area contributed by atoms with Gasteiger partial charge in [-0.1, -0.05) is 12.1 Å². The Morgan fingerprint density at radius 1 is 1.19 bits per heavy atom. The molecule has 2 atom stereocenters. The van der Waals surface area contributed by atoms with Crippen molar-refractivity contribution in [3.8, 4) is 0 Å². The molecule has 114 valence electrons. The van der Waals surface area contributed by atoms with Gasteiger partial charge in [-0.05, 0) is 43.6 Å². The second-order valence-electron chi connectivity index (χ2n) is 5.69. The van der Waals surface area contributed by atoms with Crippen molar-refractivity contribution < 1.29 is 9.18 Å². The molecule has 0 bridgehead atoms. The van der Waals surface area contributed by atoms with E-state index >= 15 is 0 Å². The van der Waals surface area contributed by atoms with Gasteiger partial charge in [-0.15, -0.1) is 0 Å². The number of halogens is 1. The van der Waals surface area contributed by atoms with Gasteiger partial charge in [0.2, 0.25) is 5.91 Å². The van der Waals surface area contributed by atoms with Crippen LogP contribution in [0.2, 0.25) is 0 Å². The van der Waals surface area contributed by atoms with Crippen molar-refractivity contribution in [2.75, 3.05) is 19.6 Å². The molecule has 21 heavy (non-hydrogen) atoms. The molecule has 6 heteroatoms. The molecular formula is C15H21FN4O. The molecule has 2 aliphatic heterocycles. The standard InChI is InChI=1S/C15H21FN4O/c16-11-3-1-10(2-4-11)14-13(9-18-20-14)15(21)19-12-5-7-17-8-6-12/h1-4,12-14,17-18,20H,5-9H2,(H,19,21). The summed E-state index contributed by atoms with van der Waals surface area (Å²) in [5.74, 6) is -0.375. The summed E-state index contributed by atoms with van der Waals surface area (Å²) in [5.41, 5.74) is 7.07. The highest BCUT2D eigenvalue weighted by Gasteiger charge is 2.34. The maximum atomic E-state index is 13.0. The molecule has 1 aromatic carbocycles. The first-order chi connectivity index (χ1) is 10.2. The van der Waals surface area contributed by atoms with Gasteiger partial charge in [0.05, 0.1) is 12.0 Å². The fourth-order valence-corrected chi connectivity index (χ4v) is 3.00. The highest BCUT2D eigenvalue weighted by molar-refractivity contribution is 5.80. The topological polar surface area (TPSA) is 65.2 Å². The maximum absolute atomic E-state index is 13.0. The van der Waals surface area contributed by atoms with Crippen molar-refractivity contribution in [3.05, 3.63) is 35.6 Å². The first-order valence-corrected chi connectivity index (χ1v) is 7.49. The average Bonchev–Trinajstić information content (AvgIpc) is 2.98. The Labute approximate surface area is 123 Å². The molecule has 2 heterocycles. The molecule has 2 unspecified atom stereocenters. The third-order valence-electron chi connectivity index (χ3n) is 4.23. The van der Waals surface area contributed by atoms with Crippen LogP contribution in [0, 0.1) is 11.7 Å². The predicted octanol–water partition coefficient (Wildman–Crippen LogP) is 0.459. The van der Waals surface area contributed by atoms with Gasteiger partial charge in [-0.3, -0.25) is 10.2 Å². The highest BCUT2D eigenvalue weighted by Crippen LogP contribution is 2.25. The summed E-state index contributed by atoms with van der Waals surface area (Å²) in [6.07, 6.45) is 1.95. The molecule has 0 aromatic heterocycles. The number of piperidine rings is 1. The average molecular weight is 292 g/mol. The summed E-state index contributed by atoms with van der Waals surface area (Å²) in [7, 11) is 0. The van der Waals surface area contributed by atoms with E-state index in [1.54, 1.807) is 12.1 Å². The summed E-state index contributed by atoms with van der Waals surface area (Å²) in [6.45, 7) is 2.49. The van der Waals surface area contributed by atoms with Crippen LogP contribution in [0.15, 0.2) is 24.3 Å². The molecule has 1 amide bonds. The van der Waals surface area contributed by atoms with Crippen molar-refractivity contribution in [3.63, 3.8) is 0 Å². The lowest BCUT2D eigenvalue weighted by Crippen LogP contribution is -2.46. The summed E-state index contributed by atoms with van der Waals surface area (Å²) < 4.78 is 13.0. The smallest absolute Gasteiger partial charge is 0.226 e. The van der Waals surface area contributed by atoms with E-state index in [2.05, 4.69) is 21.5 Å². The fraction of sp³-hybridized carbons (Fsp3) is 0.533. The van der Waals surface area contributed by atoms with Crippen molar-refractivity contribution in [1.29, 1.82) is 0 Å². The Kier molecular flexibility index (Phi) is 4.48. The van der Waals surface area contributed by atoms with E-state index < -0.39 is 0 Å². The minimum Gasteiger partial charge on any atom is -0.353 e. The van der Waals surface area contributed by atoms with Gasteiger partial charge in [-0.25, -0.2) is 9.82 Å². The van der Waals surface area contributed by atoms with E-state index in [1.165, 1.54) is 12.1 Å². The number of hydrazine groups is 1. The van der Waals surface area contributed by atoms with Gasteiger partial charge in [0, 0.05) is 12.6 Å². The number of hydrogen-bond acceptors (Lipinski definition) is 4. The quantitative estimate of drug-likeness (QED) is 0.653. The maximum Gasteiger partial charge on any atom is 0.226 e. The van der Waals surface area contributed by atoms with Crippen molar-refractivity contribution >= 4 is 5.91 Å². The van der Waals surface area contributed by atoms with Gasteiger partial charge in [0.15, 0.2) is 0 Å².